The van der Waals surface area contributed by atoms with Crippen LogP contribution in [0.3, 0.4) is 0 Å². The van der Waals surface area contributed by atoms with Crippen LogP contribution in [0.2, 0.25) is 0 Å². The first kappa shape index (κ1) is 23.2. The molecule has 0 atom stereocenters. The molecule has 0 bridgehead atoms. The van der Waals surface area contributed by atoms with Crippen LogP contribution >= 0.6 is 0 Å². The van der Waals surface area contributed by atoms with Gasteiger partial charge in [-0.2, -0.15) is 0 Å². The maximum atomic E-state index is 4.33. The molecule has 3 heteroatoms. The van der Waals surface area contributed by atoms with Gasteiger partial charge in [0.05, 0.1) is 11.2 Å². The Labute approximate surface area is 229 Å². The van der Waals surface area contributed by atoms with Crippen molar-refractivity contribution in [1.29, 1.82) is 0 Å². The van der Waals surface area contributed by atoms with Gasteiger partial charge in [0.2, 0.25) is 0 Å². The van der Waals surface area contributed by atoms with Crippen LogP contribution in [0, 0.1) is 0 Å². The Bertz CT molecular complexity index is 2010. The molecule has 8 rings (SSSR count). The first-order valence-corrected chi connectivity index (χ1v) is 13.3. The molecule has 0 spiro atoms. The van der Waals surface area contributed by atoms with Crippen molar-refractivity contribution in [2.75, 3.05) is 0 Å². The third kappa shape index (κ3) is 3.26. The summed E-state index contributed by atoms with van der Waals surface area (Å²) in [6.07, 6.45) is 3.75. The third-order valence-corrected chi connectivity index (χ3v) is 8.18. The maximum Gasteiger partial charge on any atom is 0.0585 e. The lowest BCUT2D eigenvalue weighted by Crippen LogP contribution is -2.14. The highest BCUT2D eigenvalue weighted by atomic mass is 15.0. The summed E-state index contributed by atoms with van der Waals surface area (Å²) in [5.74, 6) is 0. The third-order valence-electron chi connectivity index (χ3n) is 8.18. The number of nitrogens with zero attached hydrogens (tertiary/aromatic N) is 2. The fourth-order valence-corrected chi connectivity index (χ4v) is 6.50. The number of hydrogen-bond acceptors (Lipinski definition) is 1. The Morgan fingerprint density at radius 2 is 1.51 bits per heavy atom. The van der Waals surface area contributed by atoms with Crippen LogP contribution in [0.15, 0.2) is 123 Å². The number of para-hydroxylation sites is 1. The number of pyridine rings is 1. The van der Waals surface area contributed by atoms with Gasteiger partial charge in [-0.05, 0) is 59.2 Å². The van der Waals surface area contributed by atoms with E-state index in [1.165, 1.54) is 60.8 Å². The highest BCUT2D eigenvalue weighted by Crippen LogP contribution is 2.54. The molecule has 190 valence electrons. The van der Waals surface area contributed by atoms with Crippen molar-refractivity contribution >= 4 is 32.7 Å². The van der Waals surface area contributed by atoms with Crippen LogP contribution in [-0.4, -0.2) is 14.5 Å². The average Bonchev–Trinajstić information content (AvgIpc) is 3.60. The second-order valence-corrected chi connectivity index (χ2v) is 10.6. The van der Waals surface area contributed by atoms with Gasteiger partial charge < -0.3 is 9.55 Å². The van der Waals surface area contributed by atoms with Crippen LogP contribution in [0.4, 0.5) is 0 Å². The minimum Gasteiger partial charge on any atom is -0.354 e. The van der Waals surface area contributed by atoms with Gasteiger partial charge in [0.15, 0.2) is 0 Å². The summed E-state index contributed by atoms with van der Waals surface area (Å²) in [5.41, 5.74) is 12.4. The number of aromatic amines is 1. The van der Waals surface area contributed by atoms with Gasteiger partial charge >= 0.3 is 0 Å². The second kappa shape index (κ2) is 8.57. The molecular formula is C36H31N3. The fraction of sp³-hybridized carbons (Fsp3) is 0.0833. The number of H-pyrrole nitrogens is 1. The second-order valence-electron chi connectivity index (χ2n) is 10.6. The van der Waals surface area contributed by atoms with Gasteiger partial charge in [-0.15, -0.1) is 13.2 Å². The number of rotatable bonds is 2. The minimum atomic E-state index is -0.0859. The minimum absolute atomic E-state index is 0. The van der Waals surface area contributed by atoms with Gasteiger partial charge in [-0.1, -0.05) is 68.4 Å². The van der Waals surface area contributed by atoms with E-state index in [1.807, 2.05) is 18.5 Å². The molecule has 39 heavy (non-hydrogen) atoms. The molecule has 0 amide bonds. The zero-order valence-electron chi connectivity index (χ0n) is 22.2. The molecule has 3 nitrogen and oxygen atoms in total. The van der Waals surface area contributed by atoms with E-state index in [0.29, 0.717) is 0 Å². The first-order valence-electron chi connectivity index (χ1n) is 13.3. The Morgan fingerprint density at radius 1 is 0.744 bits per heavy atom. The molecule has 1 aliphatic rings. The van der Waals surface area contributed by atoms with E-state index in [0.717, 1.165) is 11.1 Å². The molecule has 0 unspecified atom stereocenters. The molecule has 0 saturated carbocycles. The lowest BCUT2D eigenvalue weighted by atomic mass is 9.81. The molecule has 3 heterocycles. The van der Waals surface area contributed by atoms with Gasteiger partial charge in [0.25, 0.3) is 0 Å². The summed E-state index contributed by atoms with van der Waals surface area (Å²) in [6, 6.07) is 35.2. The molecular weight excluding hydrogens is 474 g/mol. The summed E-state index contributed by atoms with van der Waals surface area (Å²) in [6.45, 7) is 10.7. The zero-order chi connectivity index (χ0) is 26.7. The molecule has 0 fully saturated rings. The summed E-state index contributed by atoms with van der Waals surface area (Å²) < 4.78 is 2.47. The van der Waals surface area contributed by atoms with E-state index < -0.39 is 0 Å². The maximum absolute atomic E-state index is 4.33. The predicted octanol–water partition coefficient (Wildman–Crippen LogP) is 9.68. The van der Waals surface area contributed by atoms with Crippen molar-refractivity contribution in [2.45, 2.75) is 19.3 Å². The molecule has 1 aliphatic carbocycles. The molecule has 3 aromatic heterocycles. The van der Waals surface area contributed by atoms with Crippen molar-refractivity contribution < 1.29 is 1.43 Å². The van der Waals surface area contributed by atoms with Crippen LogP contribution in [-0.2, 0) is 5.41 Å². The smallest absolute Gasteiger partial charge is 0.0585 e. The van der Waals surface area contributed by atoms with Crippen LogP contribution in [0.1, 0.15) is 26.4 Å². The van der Waals surface area contributed by atoms with E-state index >= 15 is 0 Å². The largest absolute Gasteiger partial charge is 0.354 e. The first-order chi connectivity index (χ1) is 19.1. The van der Waals surface area contributed by atoms with Gasteiger partial charge in [0.1, 0.15) is 0 Å². The number of aromatic nitrogens is 3. The molecule has 4 aromatic carbocycles. The summed E-state index contributed by atoms with van der Waals surface area (Å²) in [7, 11) is 0. The van der Waals surface area contributed by atoms with Crippen LogP contribution in [0.25, 0.3) is 60.8 Å². The molecule has 7 aromatic rings. The topological polar surface area (TPSA) is 33.6 Å². The molecule has 0 radical (unpaired) electrons. The number of benzene rings is 4. The Balaban J connectivity index is 0.000000945. The summed E-state index contributed by atoms with van der Waals surface area (Å²) in [4.78, 5) is 8.04. The van der Waals surface area contributed by atoms with Crippen LogP contribution in [0.5, 0.6) is 0 Å². The van der Waals surface area contributed by atoms with Crippen molar-refractivity contribution in [3.63, 3.8) is 0 Å². The molecule has 1 N–H and O–H groups in total. The Hall–Kier alpha value is -4.89. The fourth-order valence-electron chi connectivity index (χ4n) is 6.50. The molecule has 0 aliphatic heterocycles. The van der Waals surface area contributed by atoms with E-state index in [9.17, 15) is 0 Å². The SMILES string of the molecule is C=C.CC1(C)c2ccccc2-c2c1c1cc3[nH]c4ccc(-c5cccnc5)cc4c3cc1n2-c1ccccc1.[HH]. The quantitative estimate of drug-likeness (QED) is 0.233. The summed E-state index contributed by atoms with van der Waals surface area (Å²) >= 11 is 0. The molecule has 0 saturated heterocycles. The number of nitrogens with one attached hydrogen (secondary N) is 1. The van der Waals surface area contributed by atoms with Gasteiger partial charge in [-0.3, -0.25) is 4.98 Å². The van der Waals surface area contributed by atoms with Crippen molar-refractivity contribution in [1.82, 2.24) is 14.5 Å². The zero-order valence-corrected chi connectivity index (χ0v) is 22.2. The average molecular weight is 506 g/mol. The van der Waals surface area contributed by atoms with Crippen molar-refractivity contribution in [3.8, 4) is 28.1 Å². The standard InChI is InChI=1S/C34H25N3.C2H4.H2/c1-34(2)28-13-7-6-12-24(28)33-32(34)27-18-30-26(19-31(27)37(33)23-10-4-3-5-11-23)25-17-21(14-15-29(25)36-30)22-9-8-16-35-20-22;1-2;/h3-20,36H,1-2H3;1-2H2;1H. The van der Waals surface area contributed by atoms with E-state index in [-0.39, 0.29) is 6.84 Å². The Kier molecular flexibility index (Phi) is 5.11. The van der Waals surface area contributed by atoms with E-state index in [2.05, 4.69) is 133 Å². The monoisotopic (exact) mass is 505 g/mol. The van der Waals surface area contributed by atoms with Crippen LogP contribution < -0.4 is 0 Å². The lowest BCUT2D eigenvalue weighted by molar-refractivity contribution is 0.666. The number of fused-ring (bicyclic) bond motifs is 8. The normalized spacial score (nSPS) is 13.3. The highest BCUT2D eigenvalue weighted by molar-refractivity contribution is 6.14. The van der Waals surface area contributed by atoms with E-state index in [1.54, 1.807) is 0 Å². The Morgan fingerprint density at radius 3 is 2.31 bits per heavy atom. The predicted molar refractivity (Wildman–Crippen MR) is 167 cm³/mol. The summed E-state index contributed by atoms with van der Waals surface area (Å²) in [5, 5.41) is 3.79. The van der Waals surface area contributed by atoms with Gasteiger partial charge in [-0.25, -0.2) is 0 Å². The lowest BCUT2D eigenvalue weighted by Gasteiger charge is -2.21. The van der Waals surface area contributed by atoms with E-state index in [4.69, 9.17) is 0 Å². The number of hydrogen-bond donors (Lipinski definition) is 1. The van der Waals surface area contributed by atoms with Gasteiger partial charge in [0, 0.05) is 63.2 Å². The highest BCUT2D eigenvalue weighted by Gasteiger charge is 2.40. The van der Waals surface area contributed by atoms with Crippen molar-refractivity contribution in [3.05, 3.63) is 134 Å². The van der Waals surface area contributed by atoms with Crippen molar-refractivity contribution in [2.24, 2.45) is 0 Å².